The van der Waals surface area contributed by atoms with E-state index in [0.29, 0.717) is 38.0 Å². The van der Waals surface area contributed by atoms with Crippen LogP contribution in [-0.4, -0.2) is 20.7 Å². The summed E-state index contributed by atoms with van der Waals surface area (Å²) in [5.74, 6) is 1.11. The van der Waals surface area contributed by atoms with Crippen molar-refractivity contribution in [3.63, 3.8) is 0 Å². The smallest absolute Gasteiger partial charge is 0.251 e. The number of nitrogens with one attached hydrogen (secondary N) is 1. The maximum atomic E-state index is 13.0. The SMILES string of the molecule is CCCCc1ccc(C(=O)NC(C)c2nnc(SCc3ccccc3)n2-c2cc(Cl)ccc2Cl)cc1. The Bertz CT molecular complexity index is 1310. The Morgan fingerprint density at radius 1 is 1.00 bits per heavy atom. The first kappa shape index (κ1) is 26.3. The van der Waals surface area contributed by atoms with E-state index >= 15 is 0 Å². The maximum Gasteiger partial charge on any atom is 0.251 e. The average Bonchev–Trinajstić information content (AvgIpc) is 3.32. The monoisotopic (exact) mass is 538 g/mol. The van der Waals surface area contributed by atoms with Crippen LogP contribution in [-0.2, 0) is 12.2 Å². The van der Waals surface area contributed by atoms with Gasteiger partial charge in [-0.05, 0) is 61.2 Å². The molecule has 1 amide bonds. The van der Waals surface area contributed by atoms with Gasteiger partial charge in [0.1, 0.15) is 0 Å². The van der Waals surface area contributed by atoms with E-state index in [1.807, 2.05) is 54.0 Å². The molecule has 4 rings (SSSR count). The fraction of sp³-hybridized carbons (Fsp3) is 0.250. The second-order valence-corrected chi connectivity index (χ2v) is 10.3. The molecule has 1 aromatic heterocycles. The van der Waals surface area contributed by atoms with Crippen LogP contribution < -0.4 is 5.32 Å². The van der Waals surface area contributed by atoms with Crippen LogP contribution in [0.15, 0.2) is 78.0 Å². The van der Waals surface area contributed by atoms with Crippen molar-refractivity contribution in [2.24, 2.45) is 0 Å². The summed E-state index contributed by atoms with van der Waals surface area (Å²) in [6.07, 6.45) is 3.29. The number of nitrogens with zero attached hydrogens (tertiary/aromatic N) is 3. The van der Waals surface area contributed by atoms with Gasteiger partial charge in [-0.1, -0.05) is 90.8 Å². The molecule has 5 nitrogen and oxygen atoms in total. The van der Waals surface area contributed by atoms with Crippen molar-refractivity contribution in [1.29, 1.82) is 0 Å². The zero-order valence-corrected chi connectivity index (χ0v) is 22.6. The van der Waals surface area contributed by atoms with Gasteiger partial charge in [0, 0.05) is 16.3 Å². The highest BCUT2D eigenvalue weighted by Crippen LogP contribution is 2.32. The third-order valence-corrected chi connectivity index (χ3v) is 7.34. The molecular formula is C28H28Cl2N4OS. The molecular weight excluding hydrogens is 511 g/mol. The normalized spacial score (nSPS) is 11.9. The third kappa shape index (κ3) is 6.49. The second-order valence-electron chi connectivity index (χ2n) is 8.54. The second kappa shape index (κ2) is 12.4. The predicted molar refractivity (Wildman–Crippen MR) is 148 cm³/mol. The van der Waals surface area contributed by atoms with E-state index in [1.165, 1.54) is 11.1 Å². The van der Waals surface area contributed by atoms with Crippen LogP contribution in [0.5, 0.6) is 0 Å². The van der Waals surface area contributed by atoms with Crippen molar-refractivity contribution in [3.05, 3.63) is 105 Å². The summed E-state index contributed by atoms with van der Waals surface area (Å²) < 4.78 is 1.88. The van der Waals surface area contributed by atoms with Crippen molar-refractivity contribution >= 4 is 40.9 Å². The van der Waals surface area contributed by atoms with Gasteiger partial charge < -0.3 is 5.32 Å². The molecule has 0 saturated heterocycles. The molecule has 0 saturated carbocycles. The molecule has 4 aromatic rings. The van der Waals surface area contributed by atoms with Gasteiger partial charge in [0.15, 0.2) is 11.0 Å². The minimum absolute atomic E-state index is 0.172. The van der Waals surface area contributed by atoms with Crippen LogP contribution in [0.4, 0.5) is 0 Å². The Morgan fingerprint density at radius 2 is 1.75 bits per heavy atom. The molecule has 1 unspecified atom stereocenters. The van der Waals surface area contributed by atoms with Crippen LogP contribution in [0.2, 0.25) is 10.0 Å². The zero-order chi connectivity index (χ0) is 25.5. The van der Waals surface area contributed by atoms with E-state index in [-0.39, 0.29) is 5.91 Å². The fourth-order valence-corrected chi connectivity index (χ4v) is 5.09. The Hall–Kier alpha value is -2.80. The predicted octanol–water partition coefficient (Wildman–Crippen LogP) is 7.70. The summed E-state index contributed by atoms with van der Waals surface area (Å²) >= 11 is 14.4. The topological polar surface area (TPSA) is 59.8 Å². The number of rotatable bonds is 10. The van der Waals surface area contributed by atoms with Gasteiger partial charge in [-0.25, -0.2) is 0 Å². The molecule has 0 aliphatic heterocycles. The zero-order valence-electron chi connectivity index (χ0n) is 20.2. The lowest BCUT2D eigenvalue weighted by atomic mass is 10.1. The molecule has 0 bridgehead atoms. The first-order valence-corrected chi connectivity index (χ1v) is 13.7. The molecule has 0 radical (unpaired) electrons. The summed E-state index contributed by atoms with van der Waals surface area (Å²) in [5.41, 5.74) is 3.67. The molecule has 1 heterocycles. The summed E-state index contributed by atoms with van der Waals surface area (Å²) in [6.45, 7) is 4.06. The van der Waals surface area contributed by atoms with Crippen LogP contribution in [0, 0.1) is 0 Å². The number of unbranched alkanes of at least 4 members (excludes halogenated alkanes) is 1. The summed E-state index contributed by atoms with van der Waals surface area (Å²) in [4.78, 5) is 13.0. The minimum Gasteiger partial charge on any atom is -0.342 e. The van der Waals surface area contributed by atoms with Gasteiger partial charge in [-0.15, -0.1) is 10.2 Å². The van der Waals surface area contributed by atoms with Crippen molar-refractivity contribution in [3.8, 4) is 5.69 Å². The molecule has 3 aromatic carbocycles. The van der Waals surface area contributed by atoms with Crippen LogP contribution in [0.25, 0.3) is 5.69 Å². The first-order chi connectivity index (χ1) is 17.5. The summed E-state index contributed by atoms with van der Waals surface area (Å²) in [6, 6.07) is 22.8. The molecule has 1 atom stereocenters. The van der Waals surface area contributed by atoms with Crippen LogP contribution in [0.1, 0.15) is 60.0 Å². The highest BCUT2D eigenvalue weighted by atomic mass is 35.5. The van der Waals surface area contributed by atoms with Crippen LogP contribution >= 0.6 is 35.0 Å². The van der Waals surface area contributed by atoms with Crippen molar-refractivity contribution in [1.82, 2.24) is 20.1 Å². The van der Waals surface area contributed by atoms with E-state index in [4.69, 9.17) is 23.2 Å². The van der Waals surface area contributed by atoms with Gasteiger partial charge in [0.25, 0.3) is 5.91 Å². The first-order valence-electron chi connectivity index (χ1n) is 11.9. The number of carbonyl (C=O) groups excluding carboxylic acids is 1. The molecule has 36 heavy (non-hydrogen) atoms. The Morgan fingerprint density at radius 3 is 2.47 bits per heavy atom. The molecule has 1 N–H and O–H groups in total. The molecule has 8 heteroatoms. The number of carbonyl (C=O) groups is 1. The molecule has 0 fully saturated rings. The summed E-state index contributed by atoms with van der Waals surface area (Å²) in [7, 11) is 0. The van der Waals surface area contributed by atoms with Gasteiger partial charge in [0.05, 0.1) is 16.8 Å². The van der Waals surface area contributed by atoms with E-state index in [9.17, 15) is 4.79 Å². The molecule has 186 valence electrons. The van der Waals surface area contributed by atoms with E-state index in [2.05, 4.69) is 34.6 Å². The number of halogens is 2. The highest BCUT2D eigenvalue weighted by Gasteiger charge is 2.23. The van der Waals surface area contributed by atoms with Gasteiger partial charge >= 0.3 is 0 Å². The van der Waals surface area contributed by atoms with Gasteiger partial charge in [0.2, 0.25) is 0 Å². The van der Waals surface area contributed by atoms with E-state index < -0.39 is 6.04 Å². The van der Waals surface area contributed by atoms with Crippen molar-refractivity contribution < 1.29 is 4.79 Å². The van der Waals surface area contributed by atoms with Crippen molar-refractivity contribution in [2.75, 3.05) is 0 Å². The molecule has 0 aliphatic carbocycles. The van der Waals surface area contributed by atoms with Gasteiger partial charge in [-0.2, -0.15) is 0 Å². The van der Waals surface area contributed by atoms with Crippen molar-refractivity contribution in [2.45, 2.75) is 50.1 Å². The molecule has 0 aliphatic rings. The lowest BCUT2D eigenvalue weighted by Crippen LogP contribution is -2.28. The van der Waals surface area contributed by atoms with Gasteiger partial charge in [-0.3, -0.25) is 9.36 Å². The quantitative estimate of drug-likeness (QED) is 0.210. The lowest BCUT2D eigenvalue weighted by molar-refractivity contribution is 0.0938. The average molecular weight is 540 g/mol. The number of hydrogen-bond acceptors (Lipinski definition) is 4. The van der Waals surface area contributed by atoms with Crippen LogP contribution in [0.3, 0.4) is 0 Å². The number of amides is 1. The Kier molecular flexibility index (Phi) is 9.08. The Balaban J connectivity index is 1.59. The highest BCUT2D eigenvalue weighted by molar-refractivity contribution is 7.98. The number of hydrogen-bond donors (Lipinski definition) is 1. The largest absolute Gasteiger partial charge is 0.342 e. The number of aromatic nitrogens is 3. The van der Waals surface area contributed by atoms with E-state index in [0.717, 1.165) is 19.3 Å². The number of thioether (sulfide) groups is 1. The molecule has 0 spiro atoms. The third-order valence-electron chi connectivity index (χ3n) is 5.79. The maximum absolute atomic E-state index is 13.0. The minimum atomic E-state index is -0.425. The van der Waals surface area contributed by atoms with E-state index in [1.54, 1.807) is 30.0 Å². The lowest BCUT2D eigenvalue weighted by Gasteiger charge is -2.17. The summed E-state index contributed by atoms with van der Waals surface area (Å²) in [5, 5.41) is 13.7. The Labute approximate surface area is 226 Å². The standard InChI is InChI=1S/C28H28Cl2N4OS/c1-3-4-8-20-11-13-22(14-12-20)27(35)31-19(2)26-32-33-28(36-18-21-9-6-5-7-10-21)34(26)25-17-23(29)15-16-24(25)30/h5-7,9-17,19H,3-4,8,18H2,1-2H3,(H,31,35). The number of aryl methyl sites for hydroxylation is 1. The number of benzene rings is 3. The fourth-order valence-electron chi connectivity index (χ4n) is 3.81.